The van der Waals surface area contributed by atoms with Crippen molar-refractivity contribution in [3.63, 3.8) is 0 Å². The molecule has 1 aromatic carbocycles. The number of carbonyl (C=O) groups excluding carboxylic acids is 2. The van der Waals surface area contributed by atoms with E-state index in [4.69, 9.17) is 12.2 Å². The van der Waals surface area contributed by atoms with Gasteiger partial charge in [0, 0.05) is 6.26 Å². The van der Waals surface area contributed by atoms with Crippen LogP contribution in [0, 0.1) is 11.3 Å². The zero-order chi connectivity index (χ0) is 22.5. The molecule has 1 aromatic rings. The molecule has 14 heteroatoms. The summed E-state index contributed by atoms with van der Waals surface area (Å²) in [6, 6.07) is 8.69. The number of rotatable bonds is 7. The summed E-state index contributed by atoms with van der Waals surface area (Å²) in [5.74, 6) is -3.19. The van der Waals surface area contributed by atoms with Crippen LogP contribution in [0.25, 0.3) is 0 Å². The number of amides is 2. The van der Waals surface area contributed by atoms with Gasteiger partial charge in [-0.15, -0.1) is 0 Å². The molecule has 0 saturated heterocycles. The van der Waals surface area contributed by atoms with Crippen molar-refractivity contribution in [1.29, 1.82) is 5.26 Å². The summed E-state index contributed by atoms with van der Waals surface area (Å²) >= 11 is 4.88. The largest absolute Gasteiger partial charge is 0.331 e. The van der Waals surface area contributed by atoms with Crippen LogP contribution in [-0.4, -0.2) is 55.7 Å². The Morgan fingerprint density at radius 1 is 1.28 bits per heavy atom. The maximum atomic E-state index is 12.3. The van der Waals surface area contributed by atoms with E-state index in [9.17, 15) is 36.2 Å². The van der Waals surface area contributed by atoms with Crippen molar-refractivity contribution in [2.24, 2.45) is 0 Å². The molecule has 0 bridgehead atoms. The zero-order valence-corrected chi connectivity index (χ0v) is 17.6. The van der Waals surface area contributed by atoms with Crippen LogP contribution in [0.3, 0.4) is 0 Å². The first-order chi connectivity index (χ1) is 13.2. The Hall–Kier alpha value is -2.60. The molecule has 0 aliphatic rings. The van der Waals surface area contributed by atoms with Crippen LogP contribution in [0.2, 0.25) is 0 Å². The highest BCUT2D eigenvalue weighted by Gasteiger charge is 2.36. The Labute approximate surface area is 173 Å². The van der Waals surface area contributed by atoms with Gasteiger partial charge in [0.25, 0.3) is 16.0 Å². The van der Waals surface area contributed by atoms with E-state index >= 15 is 0 Å². The van der Waals surface area contributed by atoms with E-state index in [1.807, 2.05) is 5.43 Å². The van der Waals surface area contributed by atoms with E-state index < -0.39 is 53.3 Å². The third kappa shape index (κ3) is 7.38. The fourth-order valence-electron chi connectivity index (χ4n) is 2.05. The van der Waals surface area contributed by atoms with E-state index in [0.717, 1.165) is 13.2 Å². The number of benzene rings is 1. The molecule has 29 heavy (non-hydrogen) atoms. The molecule has 0 aromatic heterocycles. The molecule has 0 aliphatic carbocycles. The van der Waals surface area contributed by atoms with Crippen LogP contribution in [0.5, 0.6) is 0 Å². The van der Waals surface area contributed by atoms with E-state index in [-0.39, 0.29) is 5.56 Å². The van der Waals surface area contributed by atoms with Gasteiger partial charge in [-0.05, 0) is 12.5 Å². The Morgan fingerprint density at radius 2 is 1.83 bits per heavy atom. The molecule has 1 rings (SSSR count). The second kappa shape index (κ2) is 9.27. The molecule has 0 spiro atoms. The lowest BCUT2D eigenvalue weighted by molar-refractivity contribution is -0.121. The van der Waals surface area contributed by atoms with Gasteiger partial charge in [-0.25, -0.2) is 13.8 Å². The second-order valence-corrected chi connectivity index (χ2v) is 10.1. The minimum Gasteiger partial charge on any atom is -0.331 e. The second-order valence-electron chi connectivity index (χ2n) is 6.05. The van der Waals surface area contributed by atoms with E-state index in [0.29, 0.717) is 0 Å². The summed E-state index contributed by atoms with van der Waals surface area (Å²) in [6.45, 7) is 1.11. The Bertz CT molecular complexity index is 1050. The van der Waals surface area contributed by atoms with Crippen molar-refractivity contribution in [2.45, 2.75) is 17.7 Å². The van der Waals surface area contributed by atoms with Crippen molar-refractivity contribution < 1.29 is 31.0 Å². The van der Waals surface area contributed by atoms with Crippen molar-refractivity contribution in [2.75, 3.05) is 12.0 Å². The predicted molar refractivity (Wildman–Crippen MR) is 105 cm³/mol. The van der Waals surface area contributed by atoms with Crippen LogP contribution in [-0.2, 0) is 29.5 Å². The molecule has 0 heterocycles. The summed E-state index contributed by atoms with van der Waals surface area (Å²) in [5.41, 5.74) is 3.27. The van der Waals surface area contributed by atoms with Crippen molar-refractivity contribution in [3.8, 4) is 6.07 Å². The molecule has 0 fully saturated rings. The number of nitriles is 1. The molecule has 3 N–H and O–H groups in total. The number of sulfone groups is 1. The Morgan fingerprint density at radius 3 is 2.28 bits per heavy atom. The van der Waals surface area contributed by atoms with Crippen molar-refractivity contribution in [1.82, 2.24) is 16.2 Å². The first kappa shape index (κ1) is 24.4. The third-order valence-electron chi connectivity index (χ3n) is 3.34. The van der Waals surface area contributed by atoms with E-state index in [1.165, 1.54) is 24.3 Å². The van der Waals surface area contributed by atoms with Gasteiger partial charge in [0.05, 0.1) is 6.07 Å². The zero-order valence-electron chi connectivity index (χ0n) is 15.2. The quantitative estimate of drug-likeness (QED) is 0.261. The minimum atomic E-state index is -4.86. The van der Waals surface area contributed by atoms with Gasteiger partial charge in [0.2, 0.25) is 5.91 Å². The standard InChI is InChI=1S/C15H17N4O7S3/c1-15(9-16,17-11(20)8-28(2,22)23)14(27)19-18-13(21)12(29(24,25)26)10-6-4-3-5-7-10/h3-7,12H,8H2,1-2H3,(H,17,20)(H,18,21)(H,24,25,26). The molecule has 2 unspecified atom stereocenters. The topological polar surface area (TPSA) is 185 Å². The highest BCUT2D eigenvalue weighted by Crippen LogP contribution is 2.21. The number of thiocarbonyl (C=S) groups is 1. The van der Waals surface area contributed by atoms with Gasteiger partial charge in [-0.3, -0.25) is 14.1 Å². The van der Waals surface area contributed by atoms with Gasteiger partial charge in [0.15, 0.2) is 25.6 Å². The first-order valence-electron chi connectivity index (χ1n) is 7.66. The first-order valence-corrected chi connectivity index (χ1v) is 11.6. The SMILES string of the molecule is CC(C#N)(NC(=O)CS(C)(=O)=O)C(=S)[N]NC(=O)C(c1ccccc1)S(=O)(=O)O. The maximum Gasteiger partial charge on any atom is 0.281 e. The summed E-state index contributed by atoms with van der Waals surface area (Å²) in [5, 5.41) is 9.34. The van der Waals surface area contributed by atoms with Gasteiger partial charge < -0.3 is 5.32 Å². The average Bonchev–Trinajstić information content (AvgIpc) is 2.57. The molecule has 0 aliphatic heterocycles. The molecular weight excluding hydrogens is 444 g/mol. The minimum absolute atomic E-state index is 0.0434. The van der Waals surface area contributed by atoms with Gasteiger partial charge >= 0.3 is 0 Å². The number of hydrogen-bond donors (Lipinski definition) is 3. The lowest BCUT2D eigenvalue weighted by Crippen LogP contribution is -2.57. The van der Waals surface area contributed by atoms with Crippen LogP contribution >= 0.6 is 12.2 Å². The number of carbonyl (C=O) groups is 2. The van der Waals surface area contributed by atoms with E-state index in [2.05, 4.69) is 10.7 Å². The maximum absolute atomic E-state index is 12.3. The monoisotopic (exact) mass is 461 g/mol. The number of nitrogens with zero attached hydrogens (tertiary/aromatic N) is 2. The van der Waals surface area contributed by atoms with Gasteiger partial charge in [-0.1, -0.05) is 42.5 Å². The Kier molecular flexibility index (Phi) is 7.81. The molecule has 2 amide bonds. The van der Waals surface area contributed by atoms with Crippen LogP contribution in [0.4, 0.5) is 0 Å². The summed E-state index contributed by atoms with van der Waals surface area (Å²) in [4.78, 5) is 23.5. The van der Waals surface area contributed by atoms with Gasteiger partial charge in [-0.2, -0.15) is 19.1 Å². The summed E-state index contributed by atoms with van der Waals surface area (Å²) in [7, 11) is -8.54. The fraction of sp³-hybridized carbons (Fsp3) is 0.333. The summed E-state index contributed by atoms with van der Waals surface area (Å²) < 4.78 is 54.9. The normalized spacial score (nSPS) is 14.6. The molecule has 11 nitrogen and oxygen atoms in total. The van der Waals surface area contributed by atoms with E-state index in [1.54, 1.807) is 12.1 Å². The van der Waals surface area contributed by atoms with Crippen LogP contribution in [0.1, 0.15) is 17.7 Å². The van der Waals surface area contributed by atoms with Crippen LogP contribution < -0.4 is 16.2 Å². The number of nitrogens with one attached hydrogen (secondary N) is 2. The molecule has 0 saturated carbocycles. The lowest BCUT2D eigenvalue weighted by atomic mass is 10.1. The van der Waals surface area contributed by atoms with Crippen LogP contribution in [0.15, 0.2) is 30.3 Å². The number of hydrogen-bond acceptors (Lipinski definition) is 8. The van der Waals surface area contributed by atoms with Crippen molar-refractivity contribution in [3.05, 3.63) is 35.9 Å². The fourth-order valence-corrected chi connectivity index (χ4v) is 3.56. The Balaban J connectivity index is 2.93. The molecule has 2 atom stereocenters. The highest BCUT2D eigenvalue weighted by atomic mass is 32.2. The average molecular weight is 462 g/mol. The molecular formula is C15H17N4O7S3. The van der Waals surface area contributed by atoms with Gasteiger partial charge in [0.1, 0.15) is 5.75 Å². The predicted octanol–water partition coefficient (Wildman–Crippen LogP) is -0.978. The summed E-state index contributed by atoms with van der Waals surface area (Å²) in [6.07, 6.45) is 0.818. The smallest absolute Gasteiger partial charge is 0.281 e. The molecule has 1 radical (unpaired) electrons. The van der Waals surface area contributed by atoms with Crippen molar-refractivity contribution >= 4 is 49.0 Å². The highest BCUT2D eigenvalue weighted by molar-refractivity contribution is 7.91. The lowest BCUT2D eigenvalue weighted by Gasteiger charge is -2.23. The third-order valence-corrected chi connectivity index (χ3v) is 5.71. The molecule has 157 valence electrons.